The lowest BCUT2D eigenvalue weighted by Crippen LogP contribution is -2.55. The maximum atomic E-state index is 13.5. The highest BCUT2D eigenvalue weighted by atomic mass is 32.2. The van der Waals surface area contributed by atoms with Gasteiger partial charge in [-0.25, -0.2) is 13.1 Å². The number of piperidine rings is 1. The van der Waals surface area contributed by atoms with Crippen molar-refractivity contribution in [3.8, 4) is 0 Å². The predicted molar refractivity (Wildman–Crippen MR) is 145 cm³/mol. The number of aryl methyl sites for hydroxylation is 1. The van der Waals surface area contributed by atoms with E-state index in [9.17, 15) is 18.0 Å². The van der Waals surface area contributed by atoms with Gasteiger partial charge in [-0.3, -0.25) is 24.5 Å². The van der Waals surface area contributed by atoms with Crippen LogP contribution in [0.15, 0.2) is 70.8 Å². The van der Waals surface area contributed by atoms with Crippen molar-refractivity contribution in [2.75, 3.05) is 19.6 Å². The fraction of sp³-hybridized carbons (Fsp3) is 0.296. The number of hydrogen-bond acceptors (Lipinski definition) is 9. The maximum Gasteiger partial charge on any atom is 0.254 e. The number of benzene rings is 2. The highest BCUT2D eigenvalue weighted by molar-refractivity contribution is 7.89. The third kappa shape index (κ3) is 5.66. The Balaban J connectivity index is 1.32. The molecule has 4 N–H and O–H groups in total. The molecule has 1 aromatic heterocycles. The molecule has 3 heterocycles. The number of rotatable bonds is 7. The van der Waals surface area contributed by atoms with Crippen LogP contribution < -0.4 is 15.8 Å². The third-order valence-electron chi connectivity index (χ3n) is 7.04. The van der Waals surface area contributed by atoms with Gasteiger partial charge in [0.1, 0.15) is 0 Å². The largest absolute Gasteiger partial charge is 0.370 e. The van der Waals surface area contributed by atoms with Gasteiger partial charge < -0.3 is 16.0 Å². The zero-order chi connectivity index (χ0) is 27.6. The number of aliphatic imine (C=N–C) groups is 1. The predicted octanol–water partition coefficient (Wildman–Crippen LogP) is 1.39. The summed E-state index contributed by atoms with van der Waals surface area (Å²) in [5.41, 5.74) is 7.41. The minimum Gasteiger partial charge on any atom is -0.370 e. The molecule has 0 atom stereocenters. The number of aromatic nitrogens is 2. The number of amides is 1. The van der Waals surface area contributed by atoms with Gasteiger partial charge in [0, 0.05) is 30.4 Å². The summed E-state index contributed by atoms with van der Waals surface area (Å²) < 4.78 is 28.4. The second-order valence-electron chi connectivity index (χ2n) is 9.78. The molecular formula is C27H29N7O4S. The number of ketones is 1. The van der Waals surface area contributed by atoms with E-state index in [1.165, 1.54) is 30.5 Å². The van der Waals surface area contributed by atoms with Gasteiger partial charge in [-0.2, -0.15) is 0 Å². The maximum absolute atomic E-state index is 13.5. The molecule has 3 aromatic rings. The summed E-state index contributed by atoms with van der Waals surface area (Å²) >= 11 is 0. The van der Waals surface area contributed by atoms with E-state index in [-0.39, 0.29) is 39.6 Å². The minimum atomic E-state index is -3.93. The molecule has 0 saturated carbocycles. The van der Waals surface area contributed by atoms with E-state index < -0.39 is 15.8 Å². The van der Waals surface area contributed by atoms with Crippen LogP contribution in [0.25, 0.3) is 0 Å². The zero-order valence-electron chi connectivity index (χ0n) is 21.4. The summed E-state index contributed by atoms with van der Waals surface area (Å²) in [6.07, 6.45) is 4.45. The zero-order valence-corrected chi connectivity index (χ0v) is 22.2. The van der Waals surface area contributed by atoms with Crippen LogP contribution >= 0.6 is 0 Å². The second-order valence-corrected chi connectivity index (χ2v) is 11.5. The Hall–Kier alpha value is -4.16. The number of nitrogens with one attached hydrogen (secondary N) is 2. The van der Waals surface area contributed by atoms with Crippen molar-refractivity contribution in [1.82, 2.24) is 24.9 Å². The molecule has 0 aliphatic carbocycles. The first kappa shape index (κ1) is 26.4. The van der Waals surface area contributed by atoms with Crippen LogP contribution in [-0.2, 0) is 16.6 Å². The molecule has 2 aliphatic heterocycles. The molecule has 39 heavy (non-hydrogen) atoms. The highest BCUT2D eigenvalue weighted by Crippen LogP contribution is 2.27. The SMILES string of the molecule is Cc1cnc(CNS(=O)(=O)c2cccc(C(=O)c3ccccc3C(=O)N3CCC4(CC3)CN=C(N)N4)c2)cn1. The van der Waals surface area contributed by atoms with E-state index in [1.54, 1.807) is 42.3 Å². The molecule has 1 amide bonds. The molecule has 1 fully saturated rings. The van der Waals surface area contributed by atoms with Crippen molar-refractivity contribution < 1.29 is 18.0 Å². The van der Waals surface area contributed by atoms with Crippen molar-refractivity contribution in [3.63, 3.8) is 0 Å². The van der Waals surface area contributed by atoms with Gasteiger partial charge in [-0.1, -0.05) is 30.3 Å². The van der Waals surface area contributed by atoms with Gasteiger partial charge in [0.2, 0.25) is 10.0 Å². The topological polar surface area (TPSA) is 160 Å². The van der Waals surface area contributed by atoms with E-state index in [2.05, 4.69) is 25.0 Å². The molecular weight excluding hydrogens is 518 g/mol. The van der Waals surface area contributed by atoms with E-state index in [4.69, 9.17) is 5.73 Å². The number of carbonyl (C=O) groups is 2. The Morgan fingerprint density at radius 2 is 1.79 bits per heavy atom. The first-order valence-corrected chi connectivity index (χ1v) is 14.0. The molecule has 2 aliphatic rings. The van der Waals surface area contributed by atoms with Crippen molar-refractivity contribution in [3.05, 3.63) is 89.0 Å². The van der Waals surface area contributed by atoms with Crippen LogP contribution in [0.4, 0.5) is 0 Å². The number of sulfonamides is 1. The number of likely N-dealkylation sites (tertiary alicyclic amines) is 1. The number of carbonyl (C=O) groups excluding carboxylic acids is 2. The molecule has 11 nitrogen and oxygen atoms in total. The molecule has 0 unspecified atom stereocenters. The molecule has 0 bridgehead atoms. The summed E-state index contributed by atoms with van der Waals surface area (Å²) in [7, 11) is -3.93. The molecule has 202 valence electrons. The van der Waals surface area contributed by atoms with E-state index >= 15 is 0 Å². The monoisotopic (exact) mass is 547 g/mol. The second kappa shape index (κ2) is 10.5. The normalized spacial score (nSPS) is 16.5. The van der Waals surface area contributed by atoms with Gasteiger partial charge in [0.05, 0.1) is 46.7 Å². The molecule has 1 saturated heterocycles. The minimum absolute atomic E-state index is 0.0452. The van der Waals surface area contributed by atoms with Crippen molar-refractivity contribution in [1.29, 1.82) is 0 Å². The van der Waals surface area contributed by atoms with Crippen LogP contribution in [0, 0.1) is 6.92 Å². The lowest BCUT2D eigenvalue weighted by atomic mass is 9.87. The fourth-order valence-electron chi connectivity index (χ4n) is 4.77. The lowest BCUT2D eigenvalue weighted by Gasteiger charge is -2.39. The standard InChI is InChI=1S/C27H29N7O4S/c1-18-14-30-20(15-29-18)16-32-39(37,38)21-6-4-5-19(13-21)24(35)22-7-2-3-8-23(22)25(36)34-11-9-27(10-12-34)17-31-26(28)33-27/h2-8,13-15,32H,9-12,16-17H2,1H3,(H3,28,31,33). The van der Waals surface area contributed by atoms with Crippen molar-refractivity contribution in [2.24, 2.45) is 10.7 Å². The lowest BCUT2D eigenvalue weighted by molar-refractivity contribution is 0.0665. The average molecular weight is 548 g/mol. The summed E-state index contributed by atoms with van der Waals surface area (Å²) in [6, 6.07) is 12.4. The molecule has 0 radical (unpaired) electrons. The molecule has 5 rings (SSSR count). The Bertz CT molecular complexity index is 1550. The summed E-state index contributed by atoms with van der Waals surface area (Å²) in [5, 5.41) is 3.23. The highest BCUT2D eigenvalue weighted by Gasteiger charge is 2.39. The Morgan fingerprint density at radius 1 is 1.05 bits per heavy atom. The number of hydrogen-bond donors (Lipinski definition) is 3. The summed E-state index contributed by atoms with van der Waals surface area (Å²) in [4.78, 5) is 41.2. The van der Waals surface area contributed by atoms with Crippen LogP contribution in [0.1, 0.15) is 50.5 Å². The average Bonchev–Trinajstić information content (AvgIpc) is 3.31. The number of nitrogens with zero attached hydrogens (tertiary/aromatic N) is 4. The van der Waals surface area contributed by atoms with Gasteiger partial charge >= 0.3 is 0 Å². The van der Waals surface area contributed by atoms with Gasteiger partial charge in [0.25, 0.3) is 5.91 Å². The van der Waals surface area contributed by atoms with Crippen LogP contribution in [0.5, 0.6) is 0 Å². The number of guanidine groups is 1. The first-order chi connectivity index (χ1) is 18.7. The van der Waals surface area contributed by atoms with E-state index in [0.29, 0.717) is 44.1 Å². The van der Waals surface area contributed by atoms with Crippen LogP contribution in [-0.4, -0.2) is 66.1 Å². The summed E-state index contributed by atoms with van der Waals surface area (Å²) in [6.45, 7) is 3.33. The fourth-order valence-corrected chi connectivity index (χ4v) is 5.81. The van der Waals surface area contributed by atoms with Crippen LogP contribution in [0.3, 0.4) is 0 Å². The van der Waals surface area contributed by atoms with Crippen LogP contribution in [0.2, 0.25) is 0 Å². The van der Waals surface area contributed by atoms with Crippen molar-refractivity contribution >= 4 is 27.7 Å². The van der Waals surface area contributed by atoms with E-state index in [1.807, 2.05) is 0 Å². The Kier molecular flexibility index (Phi) is 7.15. The summed E-state index contributed by atoms with van der Waals surface area (Å²) in [5.74, 6) is -0.258. The first-order valence-electron chi connectivity index (χ1n) is 12.5. The van der Waals surface area contributed by atoms with Crippen molar-refractivity contribution in [2.45, 2.75) is 36.7 Å². The Morgan fingerprint density at radius 3 is 2.46 bits per heavy atom. The molecule has 1 spiro atoms. The smallest absolute Gasteiger partial charge is 0.254 e. The molecule has 2 aromatic carbocycles. The Labute approximate surface area is 226 Å². The molecule has 12 heteroatoms. The number of nitrogens with two attached hydrogens (primary N) is 1. The van der Waals surface area contributed by atoms with Gasteiger partial charge in [-0.15, -0.1) is 0 Å². The van der Waals surface area contributed by atoms with E-state index in [0.717, 1.165) is 5.69 Å². The quantitative estimate of drug-likeness (QED) is 0.374. The third-order valence-corrected chi connectivity index (χ3v) is 8.44. The van der Waals surface area contributed by atoms with Gasteiger partial charge in [0.15, 0.2) is 11.7 Å². The van der Waals surface area contributed by atoms with Gasteiger partial charge in [-0.05, 0) is 38.0 Å².